The van der Waals surface area contributed by atoms with Gasteiger partial charge in [0, 0.05) is 12.6 Å². The number of rotatable bonds is 4. The molecule has 0 bridgehead atoms. The molecule has 0 aromatic carbocycles. The number of aryl methyl sites for hydroxylation is 1. The maximum Gasteiger partial charge on any atom is 0.435 e. The molecule has 1 aromatic rings. The van der Waals surface area contributed by atoms with Crippen LogP contribution in [0, 0.1) is 0 Å². The van der Waals surface area contributed by atoms with Gasteiger partial charge in [-0.1, -0.05) is 11.6 Å². The molecule has 1 rings (SSSR count). The van der Waals surface area contributed by atoms with Crippen molar-refractivity contribution in [2.45, 2.75) is 24.1 Å². The Morgan fingerprint density at radius 2 is 2.00 bits per heavy atom. The first-order valence-electron chi connectivity index (χ1n) is 5.11. The summed E-state index contributed by atoms with van der Waals surface area (Å²) in [6.07, 6.45) is -4.79. The lowest BCUT2D eigenvalue weighted by Crippen LogP contribution is -2.24. The molecule has 10 heteroatoms. The minimum Gasteiger partial charge on any atom is -0.395 e. The van der Waals surface area contributed by atoms with E-state index in [-0.39, 0.29) is 5.15 Å². The van der Waals surface area contributed by atoms with E-state index in [0.717, 1.165) is 4.68 Å². The van der Waals surface area contributed by atoms with Crippen LogP contribution in [0.4, 0.5) is 13.2 Å². The monoisotopic (exact) mass is 320 g/mol. The van der Waals surface area contributed by atoms with Gasteiger partial charge in [0.25, 0.3) is 0 Å². The Morgan fingerprint density at radius 3 is 2.42 bits per heavy atom. The smallest absolute Gasteiger partial charge is 0.395 e. The number of hydrogen-bond acceptors (Lipinski definition) is 4. The van der Waals surface area contributed by atoms with Crippen LogP contribution in [-0.2, 0) is 28.8 Å². The Hall–Kier alpha value is -0.800. The second-order valence-electron chi connectivity index (χ2n) is 4.04. The molecule has 0 spiro atoms. The minimum absolute atomic E-state index is 0.388. The first-order valence-corrected chi connectivity index (χ1v) is 7.21. The van der Waals surface area contributed by atoms with E-state index in [1.165, 1.54) is 14.0 Å². The highest BCUT2D eigenvalue weighted by atomic mass is 35.5. The van der Waals surface area contributed by atoms with Crippen LogP contribution in [0.2, 0.25) is 5.15 Å². The fraction of sp³-hybridized carbons (Fsp3) is 0.667. The van der Waals surface area contributed by atoms with Gasteiger partial charge >= 0.3 is 6.18 Å². The molecular weight excluding hydrogens is 309 g/mol. The Kier molecular flexibility index (Phi) is 4.53. The van der Waals surface area contributed by atoms with Crippen molar-refractivity contribution in [2.24, 2.45) is 7.05 Å². The normalized spacial score (nSPS) is 14.7. The summed E-state index contributed by atoms with van der Waals surface area (Å²) in [4.78, 5) is 0. The third kappa shape index (κ3) is 3.40. The zero-order valence-electron chi connectivity index (χ0n) is 10.1. The van der Waals surface area contributed by atoms with Crippen molar-refractivity contribution in [3.05, 3.63) is 16.4 Å². The predicted octanol–water partition coefficient (Wildman–Crippen LogP) is 1.39. The molecule has 1 atom stereocenters. The fourth-order valence-corrected chi connectivity index (χ4v) is 2.82. The predicted molar refractivity (Wildman–Crippen MR) is 62.4 cm³/mol. The number of alkyl halides is 3. The molecular formula is C9H12ClF3N2O3S. The summed E-state index contributed by atoms with van der Waals surface area (Å²) >= 11 is 5.65. The highest BCUT2D eigenvalue weighted by Gasteiger charge is 2.40. The van der Waals surface area contributed by atoms with Gasteiger partial charge in [0.15, 0.2) is 15.5 Å². The molecule has 0 fully saturated rings. The van der Waals surface area contributed by atoms with E-state index in [1.807, 2.05) is 0 Å². The molecule has 0 radical (unpaired) electrons. The van der Waals surface area contributed by atoms with Crippen molar-refractivity contribution >= 4 is 21.4 Å². The molecule has 0 saturated carbocycles. The lowest BCUT2D eigenvalue weighted by atomic mass is 10.3. The lowest BCUT2D eigenvalue weighted by Gasteiger charge is -2.11. The molecule has 5 nitrogen and oxygen atoms in total. The third-order valence-electron chi connectivity index (χ3n) is 2.55. The average molecular weight is 321 g/mol. The molecule has 0 saturated heterocycles. The second kappa shape index (κ2) is 5.29. The Morgan fingerprint density at radius 1 is 1.47 bits per heavy atom. The maximum absolute atomic E-state index is 12.7. The van der Waals surface area contributed by atoms with Crippen LogP contribution in [0.5, 0.6) is 0 Å². The maximum atomic E-state index is 12.7. The number of hydrogen-bond donors (Lipinski definition) is 1. The van der Waals surface area contributed by atoms with Gasteiger partial charge in [-0.25, -0.2) is 8.42 Å². The van der Waals surface area contributed by atoms with Gasteiger partial charge in [-0.2, -0.15) is 18.3 Å². The molecule has 0 aliphatic rings. The van der Waals surface area contributed by atoms with E-state index in [1.54, 1.807) is 0 Å². The number of aliphatic hydroxyl groups excluding tert-OH is 1. The summed E-state index contributed by atoms with van der Waals surface area (Å²) in [5.41, 5.74) is -1.93. The number of halogens is 4. The second-order valence-corrected chi connectivity index (χ2v) is 6.82. The highest BCUT2D eigenvalue weighted by molar-refractivity contribution is 7.91. The first kappa shape index (κ1) is 16.3. The van der Waals surface area contributed by atoms with Crippen LogP contribution >= 0.6 is 11.6 Å². The van der Waals surface area contributed by atoms with Gasteiger partial charge < -0.3 is 5.11 Å². The average Bonchev–Trinajstić information content (AvgIpc) is 2.55. The molecule has 1 heterocycles. The van der Waals surface area contributed by atoms with Crippen LogP contribution in [0.3, 0.4) is 0 Å². The van der Waals surface area contributed by atoms with Crippen molar-refractivity contribution in [1.29, 1.82) is 0 Å². The van der Waals surface area contributed by atoms with E-state index < -0.39 is 44.9 Å². The van der Waals surface area contributed by atoms with Crippen molar-refractivity contribution < 1.29 is 26.7 Å². The number of sulfone groups is 1. The topological polar surface area (TPSA) is 72.2 Å². The summed E-state index contributed by atoms with van der Waals surface area (Å²) in [6, 6.07) is 0. The molecule has 1 aromatic heterocycles. The Labute approximate surface area is 112 Å². The standard InChI is InChI=1S/C9H12ClF3N2O3S/c1-5(3-16)19(17,18)4-6-7(9(11,12)13)14-15(2)8(6)10/h5,16H,3-4H2,1-2H3. The third-order valence-corrected chi connectivity index (χ3v) is 5.09. The van der Waals surface area contributed by atoms with Crippen LogP contribution in [-0.4, -0.2) is 35.2 Å². The molecule has 19 heavy (non-hydrogen) atoms. The van der Waals surface area contributed by atoms with Crippen molar-refractivity contribution in [3.63, 3.8) is 0 Å². The molecule has 0 amide bonds. The SMILES string of the molecule is CC(CO)S(=O)(=O)Cc1c(C(F)(F)F)nn(C)c1Cl. The largest absolute Gasteiger partial charge is 0.435 e. The van der Waals surface area contributed by atoms with E-state index in [4.69, 9.17) is 16.7 Å². The molecule has 110 valence electrons. The van der Waals surface area contributed by atoms with Gasteiger partial charge in [-0.05, 0) is 6.92 Å². The Bertz CT molecular complexity index is 568. The van der Waals surface area contributed by atoms with E-state index in [2.05, 4.69) is 5.10 Å². The van der Waals surface area contributed by atoms with Crippen LogP contribution in [0.15, 0.2) is 0 Å². The van der Waals surface area contributed by atoms with Crippen molar-refractivity contribution in [1.82, 2.24) is 9.78 Å². The molecule has 0 aliphatic carbocycles. The van der Waals surface area contributed by atoms with Crippen molar-refractivity contribution in [3.8, 4) is 0 Å². The first-order chi connectivity index (χ1) is 8.50. The molecule has 1 unspecified atom stereocenters. The van der Waals surface area contributed by atoms with E-state index >= 15 is 0 Å². The summed E-state index contributed by atoms with van der Waals surface area (Å²) in [5, 5.41) is 10.4. The number of aliphatic hydroxyl groups is 1. The molecule has 1 N–H and O–H groups in total. The van der Waals surface area contributed by atoms with Crippen LogP contribution < -0.4 is 0 Å². The van der Waals surface area contributed by atoms with E-state index in [9.17, 15) is 21.6 Å². The summed E-state index contributed by atoms with van der Waals surface area (Å²) in [5.74, 6) is -0.920. The van der Waals surface area contributed by atoms with Gasteiger partial charge in [0.05, 0.1) is 17.6 Å². The van der Waals surface area contributed by atoms with Crippen LogP contribution in [0.1, 0.15) is 18.2 Å². The zero-order chi connectivity index (χ0) is 15.0. The molecule has 0 aliphatic heterocycles. The van der Waals surface area contributed by atoms with Crippen molar-refractivity contribution in [2.75, 3.05) is 6.61 Å². The van der Waals surface area contributed by atoms with Gasteiger partial charge in [-0.15, -0.1) is 0 Å². The fourth-order valence-electron chi connectivity index (χ4n) is 1.36. The summed E-state index contributed by atoms with van der Waals surface area (Å²) in [6.45, 7) is 0.522. The van der Waals surface area contributed by atoms with Gasteiger partial charge in [0.2, 0.25) is 0 Å². The lowest BCUT2D eigenvalue weighted by molar-refractivity contribution is -0.141. The quantitative estimate of drug-likeness (QED) is 0.910. The minimum atomic E-state index is -4.79. The summed E-state index contributed by atoms with van der Waals surface area (Å²) < 4.78 is 62.4. The van der Waals surface area contributed by atoms with Gasteiger partial charge in [0.1, 0.15) is 5.15 Å². The van der Waals surface area contributed by atoms with Crippen LogP contribution in [0.25, 0.3) is 0 Å². The van der Waals surface area contributed by atoms with E-state index in [0.29, 0.717) is 0 Å². The summed E-state index contributed by atoms with van der Waals surface area (Å²) in [7, 11) is -2.76. The zero-order valence-corrected chi connectivity index (χ0v) is 11.6. The number of aromatic nitrogens is 2. The Balaban J connectivity index is 3.29. The highest BCUT2D eigenvalue weighted by Crippen LogP contribution is 2.35. The number of nitrogens with zero attached hydrogens (tertiary/aromatic N) is 2. The van der Waals surface area contributed by atoms with Gasteiger partial charge in [-0.3, -0.25) is 4.68 Å².